The molecule has 0 spiro atoms. The number of amides is 1. The first-order valence-electron chi connectivity index (χ1n) is 9.41. The van der Waals surface area contributed by atoms with Gasteiger partial charge in [-0.1, -0.05) is 37.4 Å². The number of benzene rings is 2. The molecule has 0 bridgehead atoms. The van der Waals surface area contributed by atoms with Crippen LogP contribution < -0.4 is 14.8 Å². The lowest BCUT2D eigenvalue weighted by atomic mass is 10.1. The van der Waals surface area contributed by atoms with Crippen LogP contribution in [0.4, 0.5) is 18.9 Å². The van der Waals surface area contributed by atoms with Gasteiger partial charge in [-0.15, -0.1) is 0 Å². The van der Waals surface area contributed by atoms with E-state index in [0.717, 1.165) is 31.4 Å². The number of methoxy groups -OCH3 is 1. The number of unbranched alkanes of at least 4 members (excludes halogenated alkanes) is 2. The van der Waals surface area contributed by atoms with E-state index in [4.69, 9.17) is 21.1 Å². The van der Waals surface area contributed by atoms with Gasteiger partial charge < -0.3 is 14.8 Å². The zero-order valence-corrected chi connectivity index (χ0v) is 17.4. The summed E-state index contributed by atoms with van der Waals surface area (Å²) in [6, 6.07) is 8.40. The Morgan fingerprint density at radius 1 is 1.13 bits per heavy atom. The fourth-order valence-corrected chi connectivity index (χ4v) is 2.84. The molecule has 0 saturated heterocycles. The summed E-state index contributed by atoms with van der Waals surface area (Å²) in [5.74, 6) is 0.557. The van der Waals surface area contributed by atoms with Gasteiger partial charge in [-0.3, -0.25) is 4.79 Å². The van der Waals surface area contributed by atoms with E-state index >= 15 is 0 Å². The molecule has 0 saturated carbocycles. The molecule has 0 aromatic heterocycles. The summed E-state index contributed by atoms with van der Waals surface area (Å²) in [6.07, 6.45) is 1.26. The summed E-state index contributed by atoms with van der Waals surface area (Å²) in [7, 11) is 1.52. The molecule has 162 valence electrons. The van der Waals surface area contributed by atoms with E-state index in [0.29, 0.717) is 23.7 Å². The summed E-state index contributed by atoms with van der Waals surface area (Å²) in [6.45, 7) is 2.70. The van der Waals surface area contributed by atoms with Gasteiger partial charge in [-0.25, -0.2) is 0 Å². The van der Waals surface area contributed by atoms with Gasteiger partial charge in [0.2, 0.25) is 5.91 Å². The standard InChI is InChI=1S/C22H23ClF3NO3/c1-3-4-5-12-30-19-10-6-15(13-20(19)29-2)7-11-21(28)27-16-8-9-18(23)17(14-16)22(24,25)26/h6-11,13-14H,3-5,12H2,1-2H3,(H,27,28)/b11-7+. The van der Waals surface area contributed by atoms with E-state index in [2.05, 4.69) is 12.2 Å². The van der Waals surface area contributed by atoms with E-state index < -0.39 is 22.7 Å². The van der Waals surface area contributed by atoms with E-state index in [9.17, 15) is 18.0 Å². The highest BCUT2D eigenvalue weighted by atomic mass is 35.5. The first-order valence-corrected chi connectivity index (χ1v) is 9.79. The maximum atomic E-state index is 12.9. The molecule has 2 aromatic carbocycles. The molecule has 4 nitrogen and oxygen atoms in total. The quantitative estimate of drug-likeness (QED) is 0.353. The molecule has 30 heavy (non-hydrogen) atoms. The molecule has 0 unspecified atom stereocenters. The zero-order valence-electron chi connectivity index (χ0n) is 16.7. The number of hydrogen-bond acceptors (Lipinski definition) is 3. The largest absolute Gasteiger partial charge is 0.493 e. The SMILES string of the molecule is CCCCCOc1ccc(/C=C/C(=O)Nc2ccc(Cl)c(C(F)(F)F)c2)cc1OC. The molecule has 0 aliphatic carbocycles. The average Bonchev–Trinajstić information content (AvgIpc) is 2.70. The lowest BCUT2D eigenvalue weighted by Gasteiger charge is -2.11. The predicted molar refractivity (Wildman–Crippen MR) is 112 cm³/mol. The second kappa shape index (κ2) is 10.9. The first-order chi connectivity index (χ1) is 14.2. The lowest BCUT2D eigenvalue weighted by Crippen LogP contribution is -2.11. The van der Waals surface area contributed by atoms with Crippen molar-refractivity contribution in [1.29, 1.82) is 0 Å². The highest BCUT2D eigenvalue weighted by Gasteiger charge is 2.33. The van der Waals surface area contributed by atoms with Crippen molar-refractivity contribution < 1.29 is 27.4 Å². The van der Waals surface area contributed by atoms with Crippen LogP contribution in [0.1, 0.15) is 37.3 Å². The summed E-state index contributed by atoms with van der Waals surface area (Å²) in [4.78, 5) is 12.1. The Morgan fingerprint density at radius 2 is 1.90 bits per heavy atom. The van der Waals surface area contributed by atoms with Gasteiger partial charge in [0.1, 0.15) is 0 Å². The van der Waals surface area contributed by atoms with Crippen LogP contribution in [0, 0.1) is 0 Å². The number of anilines is 1. The molecule has 0 aliphatic heterocycles. The van der Waals surface area contributed by atoms with Gasteiger partial charge >= 0.3 is 6.18 Å². The molecule has 0 radical (unpaired) electrons. The topological polar surface area (TPSA) is 47.6 Å². The molecule has 2 aromatic rings. The minimum absolute atomic E-state index is 0.00483. The van der Waals surface area contributed by atoms with Crippen LogP contribution in [0.5, 0.6) is 11.5 Å². The van der Waals surface area contributed by atoms with Crippen LogP contribution in [0.2, 0.25) is 5.02 Å². The summed E-state index contributed by atoms with van der Waals surface area (Å²) in [5, 5.41) is 1.96. The van der Waals surface area contributed by atoms with Gasteiger partial charge in [-0.05, 0) is 48.4 Å². The molecule has 8 heteroatoms. The Hall–Kier alpha value is -2.67. The second-order valence-electron chi connectivity index (χ2n) is 6.48. The summed E-state index contributed by atoms with van der Waals surface area (Å²) >= 11 is 5.58. The smallest absolute Gasteiger partial charge is 0.417 e. The Morgan fingerprint density at radius 3 is 2.57 bits per heavy atom. The van der Waals surface area contributed by atoms with Crippen LogP contribution in [0.3, 0.4) is 0 Å². The summed E-state index contributed by atoms with van der Waals surface area (Å²) in [5.41, 5.74) is -0.338. The van der Waals surface area contributed by atoms with Gasteiger partial charge in [0, 0.05) is 11.8 Å². The second-order valence-corrected chi connectivity index (χ2v) is 6.89. The van der Waals surface area contributed by atoms with Gasteiger partial charge in [0.15, 0.2) is 11.5 Å². The van der Waals surface area contributed by atoms with Crippen molar-refractivity contribution in [3.63, 3.8) is 0 Å². The third-order valence-electron chi connectivity index (χ3n) is 4.16. The first kappa shape index (κ1) is 23.6. The molecular weight excluding hydrogens is 419 g/mol. The maximum Gasteiger partial charge on any atom is 0.417 e. The van der Waals surface area contributed by atoms with Crippen molar-refractivity contribution in [1.82, 2.24) is 0 Å². The fourth-order valence-electron chi connectivity index (χ4n) is 2.62. The molecule has 0 heterocycles. The number of ether oxygens (including phenoxy) is 2. The van der Waals surface area contributed by atoms with Crippen molar-refractivity contribution in [3.05, 3.63) is 58.6 Å². The maximum absolute atomic E-state index is 12.9. The molecule has 1 N–H and O–H groups in total. The minimum atomic E-state index is -4.61. The monoisotopic (exact) mass is 441 g/mol. The van der Waals surface area contributed by atoms with E-state index in [1.165, 1.54) is 25.3 Å². The summed E-state index contributed by atoms with van der Waals surface area (Å²) < 4.78 is 49.8. The Bertz CT molecular complexity index is 898. The number of nitrogens with one attached hydrogen (secondary N) is 1. The van der Waals surface area contributed by atoms with Crippen molar-refractivity contribution in [3.8, 4) is 11.5 Å². The van der Waals surface area contributed by atoms with Crippen LogP contribution in [-0.4, -0.2) is 19.6 Å². The minimum Gasteiger partial charge on any atom is -0.493 e. The molecule has 0 fully saturated rings. The number of carbonyl (C=O) groups is 1. The molecule has 0 atom stereocenters. The Labute approximate surface area is 178 Å². The average molecular weight is 442 g/mol. The molecule has 2 rings (SSSR count). The third kappa shape index (κ3) is 6.99. The number of hydrogen-bond donors (Lipinski definition) is 1. The van der Waals surface area contributed by atoms with Crippen molar-refractivity contribution >= 4 is 29.3 Å². The number of carbonyl (C=O) groups excluding carboxylic acids is 1. The number of alkyl halides is 3. The lowest BCUT2D eigenvalue weighted by molar-refractivity contribution is -0.137. The Kier molecular flexibility index (Phi) is 8.59. The highest BCUT2D eigenvalue weighted by Crippen LogP contribution is 2.36. The van der Waals surface area contributed by atoms with E-state index in [-0.39, 0.29) is 5.69 Å². The van der Waals surface area contributed by atoms with Crippen LogP contribution in [0.25, 0.3) is 6.08 Å². The van der Waals surface area contributed by atoms with Gasteiger partial charge in [-0.2, -0.15) is 13.2 Å². The molecule has 0 aliphatic rings. The normalized spacial score (nSPS) is 11.5. The van der Waals surface area contributed by atoms with Crippen LogP contribution in [0.15, 0.2) is 42.5 Å². The number of halogens is 4. The third-order valence-corrected chi connectivity index (χ3v) is 4.49. The van der Waals surface area contributed by atoms with Gasteiger partial charge in [0.05, 0.1) is 24.3 Å². The predicted octanol–water partition coefficient (Wildman–Crippen LogP) is 6.59. The Balaban J connectivity index is 2.04. The molecule has 1 amide bonds. The van der Waals surface area contributed by atoms with E-state index in [1.807, 2.05) is 0 Å². The van der Waals surface area contributed by atoms with Crippen molar-refractivity contribution in [2.45, 2.75) is 32.4 Å². The molecular formula is C22H23ClF3NO3. The van der Waals surface area contributed by atoms with Gasteiger partial charge in [0.25, 0.3) is 0 Å². The fraction of sp³-hybridized carbons (Fsp3) is 0.318. The highest BCUT2D eigenvalue weighted by molar-refractivity contribution is 6.31. The van der Waals surface area contributed by atoms with Crippen molar-refractivity contribution in [2.24, 2.45) is 0 Å². The van der Waals surface area contributed by atoms with Crippen molar-refractivity contribution in [2.75, 3.05) is 19.0 Å². The van der Waals surface area contributed by atoms with Crippen LogP contribution >= 0.6 is 11.6 Å². The van der Waals surface area contributed by atoms with E-state index in [1.54, 1.807) is 18.2 Å². The number of rotatable bonds is 9. The zero-order chi connectivity index (χ0) is 22.1. The van der Waals surface area contributed by atoms with Crippen LogP contribution in [-0.2, 0) is 11.0 Å².